The zero-order chi connectivity index (χ0) is 14.7. The first kappa shape index (κ1) is 13.7. The van der Waals surface area contributed by atoms with Gasteiger partial charge in [-0.2, -0.15) is 0 Å². The Bertz CT molecular complexity index is 634. The maximum absolute atomic E-state index is 9.65. The first-order valence-corrected chi connectivity index (χ1v) is 7.05. The summed E-state index contributed by atoms with van der Waals surface area (Å²) in [5, 5.41) is 9.65. The van der Waals surface area contributed by atoms with E-state index < -0.39 is 6.29 Å². The summed E-state index contributed by atoms with van der Waals surface area (Å²) in [7, 11) is 0. The molecule has 0 bridgehead atoms. The molecule has 0 spiro atoms. The van der Waals surface area contributed by atoms with Gasteiger partial charge in [0.25, 0.3) is 0 Å². The van der Waals surface area contributed by atoms with E-state index >= 15 is 0 Å². The first-order chi connectivity index (χ1) is 10.3. The van der Waals surface area contributed by atoms with E-state index in [0.29, 0.717) is 19.4 Å². The van der Waals surface area contributed by atoms with Crippen molar-refractivity contribution in [1.82, 2.24) is 0 Å². The molecule has 0 aliphatic carbocycles. The van der Waals surface area contributed by atoms with Crippen LogP contribution in [0.3, 0.4) is 0 Å². The molecule has 0 saturated carbocycles. The van der Waals surface area contributed by atoms with Gasteiger partial charge in [-0.05, 0) is 24.1 Å². The third-order valence-corrected chi connectivity index (χ3v) is 3.57. The number of fused-ring (bicyclic) bond motifs is 1. The molecular weight excluding hydrogens is 264 g/mol. The van der Waals surface area contributed by atoms with Crippen molar-refractivity contribution in [3.05, 3.63) is 71.8 Å². The molecular formula is C18H18O3. The summed E-state index contributed by atoms with van der Waals surface area (Å²) < 4.78 is 11.3. The number of hydrogen-bond donors (Lipinski definition) is 1. The van der Waals surface area contributed by atoms with Gasteiger partial charge in [0.05, 0.1) is 0 Å². The number of allylic oxidation sites excluding steroid dienone is 1. The van der Waals surface area contributed by atoms with Crippen LogP contribution in [0.2, 0.25) is 0 Å². The maximum atomic E-state index is 9.65. The number of aliphatic hydroxyl groups excluding tert-OH is 1. The smallest absolute Gasteiger partial charge is 0.201 e. The average molecular weight is 282 g/mol. The van der Waals surface area contributed by atoms with Crippen LogP contribution in [0.4, 0.5) is 0 Å². The standard InChI is InChI=1S/C18H18O3/c1-2-6-14-15-11-18(19)21-17(15)10-9-16(14)20-12-13-7-4-3-5-8-13/h2-5,7-10,18-19H,1,6,11-12H2. The van der Waals surface area contributed by atoms with Crippen LogP contribution in [-0.4, -0.2) is 11.4 Å². The fraction of sp³-hybridized carbons (Fsp3) is 0.222. The van der Waals surface area contributed by atoms with E-state index in [4.69, 9.17) is 9.47 Å². The predicted molar refractivity (Wildman–Crippen MR) is 81.5 cm³/mol. The van der Waals surface area contributed by atoms with Crippen molar-refractivity contribution in [2.75, 3.05) is 0 Å². The SMILES string of the molecule is C=CCc1c(OCc2ccccc2)ccc2c1CC(O)O2. The van der Waals surface area contributed by atoms with Crippen molar-refractivity contribution in [2.45, 2.75) is 25.7 Å². The lowest BCUT2D eigenvalue weighted by Gasteiger charge is -2.13. The van der Waals surface area contributed by atoms with Crippen LogP contribution in [0.15, 0.2) is 55.1 Å². The summed E-state index contributed by atoms with van der Waals surface area (Å²) >= 11 is 0. The summed E-state index contributed by atoms with van der Waals surface area (Å²) in [5.74, 6) is 1.57. The van der Waals surface area contributed by atoms with Gasteiger partial charge < -0.3 is 14.6 Å². The van der Waals surface area contributed by atoms with Gasteiger partial charge in [0, 0.05) is 17.5 Å². The van der Waals surface area contributed by atoms with Crippen molar-refractivity contribution in [2.24, 2.45) is 0 Å². The minimum Gasteiger partial charge on any atom is -0.489 e. The highest BCUT2D eigenvalue weighted by Gasteiger charge is 2.25. The predicted octanol–water partition coefficient (Wildman–Crippen LogP) is 3.25. The van der Waals surface area contributed by atoms with E-state index in [2.05, 4.69) is 6.58 Å². The van der Waals surface area contributed by atoms with E-state index in [-0.39, 0.29) is 0 Å². The van der Waals surface area contributed by atoms with Crippen LogP contribution < -0.4 is 9.47 Å². The Morgan fingerprint density at radius 3 is 2.81 bits per heavy atom. The fourth-order valence-electron chi connectivity index (χ4n) is 2.59. The minimum absolute atomic E-state index is 0.501. The Labute approximate surface area is 124 Å². The monoisotopic (exact) mass is 282 g/mol. The normalized spacial score (nSPS) is 16.1. The lowest BCUT2D eigenvalue weighted by molar-refractivity contribution is 0.00213. The Morgan fingerprint density at radius 1 is 1.24 bits per heavy atom. The van der Waals surface area contributed by atoms with Crippen LogP contribution in [0.25, 0.3) is 0 Å². The molecule has 3 heteroatoms. The summed E-state index contributed by atoms with van der Waals surface area (Å²) in [6.45, 7) is 4.32. The topological polar surface area (TPSA) is 38.7 Å². The molecule has 3 rings (SSSR count). The molecule has 1 heterocycles. The highest BCUT2D eigenvalue weighted by atomic mass is 16.6. The van der Waals surface area contributed by atoms with Gasteiger partial charge in [0.1, 0.15) is 18.1 Å². The van der Waals surface area contributed by atoms with Gasteiger partial charge in [-0.1, -0.05) is 36.4 Å². The molecule has 1 N–H and O–H groups in total. The maximum Gasteiger partial charge on any atom is 0.201 e. The quantitative estimate of drug-likeness (QED) is 0.856. The molecule has 0 amide bonds. The Hall–Kier alpha value is -2.26. The van der Waals surface area contributed by atoms with Gasteiger partial charge in [0.2, 0.25) is 6.29 Å². The van der Waals surface area contributed by atoms with Crippen LogP contribution in [0.1, 0.15) is 16.7 Å². The van der Waals surface area contributed by atoms with Gasteiger partial charge in [-0.25, -0.2) is 0 Å². The summed E-state index contributed by atoms with van der Waals surface area (Å²) in [5.41, 5.74) is 3.20. The Balaban J connectivity index is 1.85. The minimum atomic E-state index is -0.757. The van der Waals surface area contributed by atoms with Crippen molar-refractivity contribution < 1.29 is 14.6 Å². The molecule has 2 aromatic carbocycles. The summed E-state index contributed by atoms with van der Waals surface area (Å²) in [6.07, 6.45) is 2.29. The molecule has 0 aromatic heterocycles. The molecule has 0 radical (unpaired) electrons. The second-order valence-electron chi connectivity index (χ2n) is 5.06. The zero-order valence-corrected chi connectivity index (χ0v) is 11.8. The summed E-state index contributed by atoms with van der Waals surface area (Å²) in [6, 6.07) is 13.8. The van der Waals surface area contributed by atoms with Crippen molar-refractivity contribution >= 4 is 0 Å². The second-order valence-corrected chi connectivity index (χ2v) is 5.06. The fourth-order valence-corrected chi connectivity index (χ4v) is 2.59. The van der Waals surface area contributed by atoms with Gasteiger partial charge in [0.15, 0.2) is 0 Å². The molecule has 1 aliphatic rings. The van der Waals surface area contributed by atoms with Crippen LogP contribution in [-0.2, 0) is 19.4 Å². The van der Waals surface area contributed by atoms with Crippen molar-refractivity contribution in [3.63, 3.8) is 0 Å². The number of rotatable bonds is 5. The number of hydrogen-bond acceptors (Lipinski definition) is 3. The molecule has 1 aliphatic heterocycles. The number of benzene rings is 2. The lowest BCUT2D eigenvalue weighted by atomic mass is 10.0. The van der Waals surface area contributed by atoms with Crippen molar-refractivity contribution in [1.29, 1.82) is 0 Å². The Morgan fingerprint density at radius 2 is 2.05 bits per heavy atom. The number of aliphatic hydroxyl groups is 1. The van der Waals surface area contributed by atoms with E-state index in [9.17, 15) is 5.11 Å². The third-order valence-electron chi connectivity index (χ3n) is 3.57. The highest BCUT2D eigenvalue weighted by molar-refractivity contribution is 5.51. The zero-order valence-electron chi connectivity index (χ0n) is 11.8. The largest absolute Gasteiger partial charge is 0.489 e. The van der Waals surface area contributed by atoms with E-state index in [1.54, 1.807) is 0 Å². The highest BCUT2D eigenvalue weighted by Crippen LogP contribution is 2.37. The van der Waals surface area contributed by atoms with Crippen LogP contribution in [0.5, 0.6) is 11.5 Å². The molecule has 108 valence electrons. The third kappa shape index (κ3) is 2.93. The van der Waals surface area contributed by atoms with E-state index in [1.807, 2.05) is 48.5 Å². The molecule has 1 unspecified atom stereocenters. The van der Waals surface area contributed by atoms with Crippen molar-refractivity contribution in [3.8, 4) is 11.5 Å². The molecule has 3 nitrogen and oxygen atoms in total. The van der Waals surface area contributed by atoms with E-state index in [0.717, 1.165) is 28.2 Å². The Kier molecular flexibility index (Phi) is 3.93. The molecule has 2 aromatic rings. The average Bonchev–Trinajstić information content (AvgIpc) is 2.88. The molecule has 21 heavy (non-hydrogen) atoms. The van der Waals surface area contributed by atoms with Gasteiger partial charge in [-0.3, -0.25) is 0 Å². The molecule has 0 fully saturated rings. The van der Waals surface area contributed by atoms with Crippen LogP contribution >= 0.6 is 0 Å². The molecule has 0 saturated heterocycles. The van der Waals surface area contributed by atoms with Gasteiger partial charge in [-0.15, -0.1) is 6.58 Å². The van der Waals surface area contributed by atoms with Crippen LogP contribution in [0, 0.1) is 0 Å². The second kappa shape index (κ2) is 6.02. The summed E-state index contributed by atoms with van der Waals surface area (Å²) in [4.78, 5) is 0. The first-order valence-electron chi connectivity index (χ1n) is 7.05. The van der Waals surface area contributed by atoms with Gasteiger partial charge >= 0.3 is 0 Å². The number of ether oxygens (including phenoxy) is 2. The molecule has 1 atom stereocenters. The van der Waals surface area contributed by atoms with E-state index in [1.165, 1.54) is 0 Å². The lowest BCUT2D eigenvalue weighted by Crippen LogP contribution is -2.10.